The maximum Gasteiger partial charge on any atom is 0.432 e. The van der Waals surface area contributed by atoms with E-state index in [1.54, 1.807) is 30.3 Å². The number of carbonyl (C=O) groups is 2. The van der Waals surface area contributed by atoms with Crippen molar-refractivity contribution >= 4 is 28.3 Å². The van der Waals surface area contributed by atoms with Crippen molar-refractivity contribution in [2.75, 3.05) is 7.11 Å². The van der Waals surface area contributed by atoms with E-state index in [1.165, 1.54) is 0 Å². The molecule has 3 amide bonds. The SMILES string of the molecule is COC(=O)N1C(N)=NC(=O)N(Cc2ccccc2)S1(=O)=O. The third-order valence-electron chi connectivity index (χ3n) is 2.65. The van der Waals surface area contributed by atoms with Crippen LogP contribution in [0.4, 0.5) is 9.59 Å². The summed E-state index contributed by atoms with van der Waals surface area (Å²) in [6.07, 6.45) is -1.25. The van der Waals surface area contributed by atoms with Crippen molar-refractivity contribution in [1.29, 1.82) is 0 Å². The molecule has 1 aliphatic heterocycles. The van der Waals surface area contributed by atoms with E-state index in [4.69, 9.17) is 5.73 Å². The van der Waals surface area contributed by atoms with Gasteiger partial charge < -0.3 is 10.5 Å². The van der Waals surface area contributed by atoms with E-state index in [1.807, 2.05) is 0 Å². The van der Waals surface area contributed by atoms with E-state index in [0.29, 0.717) is 9.87 Å². The summed E-state index contributed by atoms with van der Waals surface area (Å²) < 4.78 is 29.5. The lowest BCUT2D eigenvalue weighted by atomic mass is 10.2. The maximum atomic E-state index is 12.3. The van der Waals surface area contributed by atoms with E-state index < -0.39 is 28.3 Å². The number of nitrogens with zero attached hydrogens (tertiary/aromatic N) is 3. The fourth-order valence-electron chi connectivity index (χ4n) is 1.68. The summed E-state index contributed by atoms with van der Waals surface area (Å²) in [5, 5.41) is 0. The van der Waals surface area contributed by atoms with Crippen LogP contribution in [0.15, 0.2) is 35.3 Å². The van der Waals surface area contributed by atoms with Gasteiger partial charge in [-0.15, -0.1) is 4.31 Å². The van der Waals surface area contributed by atoms with Gasteiger partial charge >= 0.3 is 22.3 Å². The third kappa shape index (κ3) is 2.65. The van der Waals surface area contributed by atoms with Gasteiger partial charge in [-0.2, -0.15) is 17.7 Å². The minimum absolute atomic E-state index is 0.136. The van der Waals surface area contributed by atoms with Crippen LogP contribution in [0.3, 0.4) is 0 Å². The number of urea groups is 1. The molecule has 2 rings (SSSR count). The molecule has 0 fully saturated rings. The van der Waals surface area contributed by atoms with Crippen molar-refractivity contribution in [1.82, 2.24) is 8.61 Å². The van der Waals surface area contributed by atoms with Crippen molar-refractivity contribution in [3.05, 3.63) is 35.9 Å². The maximum absolute atomic E-state index is 12.3. The van der Waals surface area contributed by atoms with Gasteiger partial charge in [0.1, 0.15) is 0 Å². The number of nitrogens with two attached hydrogens (primary N) is 1. The highest BCUT2D eigenvalue weighted by Gasteiger charge is 2.44. The number of carbonyl (C=O) groups excluding carboxylic acids is 2. The minimum atomic E-state index is -4.49. The highest BCUT2D eigenvalue weighted by Crippen LogP contribution is 2.19. The molecule has 1 aromatic rings. The number of guanidine groups is 1. The van der Waals surface area contributed by atoms with Gasteiger partial charge in [0.2, 0.25) is 5.96 Å². The molecule has 112 valence electrons. The van der Waals surface area contributed by atoms with Crippen molar-refractivity contribution in [3.8, 4) is 0 Å². The summed E-state index contributed by atoms with van der Waals surface area (Å²) in [6.45, 7) is -0.272. The lowest BCUT2D eigenvalue weighted by molar-refractivity contribution is 0.159. The zero-order valence-electron chi connectivity index (χ0n) is 11.0. The Kier molecular flexibility index (Phi) is 3.80. The Morgan fingerprint density at radius 3 is 2.52 bits per heavy atom. The molecule has 1 aromatic carbocycles. The predicted molar refractivity (Wildman–Crippen MR) is 72.2 cm³/mol. The van der Waals surface area contributed by atoms with Gasteiger partial charge in [0.25, 0.3) is 0 Å². The summed E-state index contributed by atoms with van der Waals surface area (Å²) in [6, 6.07) is 7.31. The van der Waals surface area contributed by atoms with Crippen molar-refractivity contribution in [3.63, 3.8) is 0 Å². The molecule has 1 heterocycles. The minimum Gasteiger partial charge on any atom is -0.452 e. The second-order valence-corrected chi connectivity index (χ2v) is 5.69. The first kappa shape index (κ1) is 14.8. The van der Waals surface area contributed by atoms with Gasteiger partial charge in [0.05, 0.1) is 13.7 Å². The third-order valence-corrected chi connectivity index (χ3v) is 4.29. The van der Waals surface area contributed by atoms with Gasteiger partial charge in [0.15, 0.2) is 0 Å². The molecule has 0 saturated heterocycles. The van der Waals surface area contributed by atoms with E-state index in [-0.39, 0.29) is 10.8 Å². The number of methoxy groups -OCH3 is 1. The van der Waals surface area contributed by atoms with Crippen LogP contribution in [-0.4, -0.2) is 42.2 Å². The summed E-state index contributed by atoms with van der Waals surface area (Å²) >= 11 is 0. The van der Waals surface area contributed by atoms with Crippen LogP contribution in [0.5, 0.6) is 0 Å². The Balaban J connectivity index is 2.42. The molecule has 0 radical (unpaired) electrons. The van der Waals surface area contributed by atoms with Crippen molar-refractivity contribution in [2.45, 2.75) is 6.54 Å². The number of amides is 3. The normalized spacial score (nSPS) is 17.4. The van der Waals surface area contributed by atoms with E-state index in [2.05, 4.69) is 9.73 Å². The van der Waals surface area contributed by atoms with Crippen LogP contribution in [-0.2, 0) is 21.5 Å². The molecule has 0 bridgehead atoms. The number of hydrogen-bond donors (Lipinski definition) is 1. The number of rotatable bonds is 2. The molecule has 0 aromatic heterocycles. The first-order valence-electron chi connectivity index (χ1n) is 5.71. The Hall–Kier alpha value is -2.62. The van der Waals surface area contributed by atoms with Gasteiger partial charge in [-0.25, -0.2) is 9.59 Å². The average molecular weight is 312 g/mol. The standard InChI is InChI=1S/C11H12N4O5S/c1-20-11(17)15-9(12)13-10(16)14(21(15,18)19)7-8-5-3-2-4-6-8/h2-6H,7H2,1H3,(H2,12,13,16). The average Bonchev–Trinajstić information content (AvgIpc) is 2.43. The second kappa shape index (κ2) is 5.40. The Morgan fingerprint density at radius 1 is 1.33 bits per heavy atom. The molecule has 0 aliphatic carbocycles. The molecule has 10 heteroatoms. The fraction of sp³-hybridized carbons (Fsp3) is 0.182. The van der Waals surface area contributed by atoms with Crippen LogP contribution in [0, 0.1) is 0 Å². The van der Waals surface area contributed by atoms with Crippen LogP contribution < -0.4 is 5.73 Å². The number of benzene rings is 1. The van der Waals surface area contributed by atoms with E-state index in [9.17, 15) is 18.0 Å². The smallest absolute Gasteiger partial charge is 0.432 e. The first-order chi connectivity index (χ1) is 9.87. The first-order valence-corrected chi connectivity index (χ1v) is 7.10. The summed E-state index contributed by atoms with van der Waals surface area (Å²) in [4.78, 5) is 26.6. The summed E-state index contributed by atoms with van der Waals surface area (Å²) in [7, 11) is -3.50. The second-order valence-electron chi connectivity index (χ2n) is 3.99. The number of aliphatic imine (C=N–C) groups is 1. The largest absolute Gasteiger partial charge is 0.452 e. The molecular formula is C11H12N4O5S. The monoisotopic (exact) mass is 312 g/mol. The predicted octanol–water partition coefficient (Wildman–Crippen LogP) is 0.250. The quantitative estimate of drug-likeness (QED) is 0.835. The zero-order chi connectivity index (χ0) is 15.6. The molecule has 9 nitrogen and oxygen atoms in total. The summed E-state index contributed by atoms with van der Waals surface area (Å²) in [5.74, 6) is -0.754. The molecule has 0 unspecified atom stereocenters. The van der Waals surface area contributed by atoms with Gasteiger partial charge in [0, 0.05) is 0 Å². The van der Waals surface area contributed by atoms with Crippen LogP contribution in [0.1, 0.15) is 5.56 Å². The molecule has 1 aliphatic rings. The molecule has 0 atom stereocenters. The highest BCUT2D eigenvalue weighted by atomic mass is 32.2. The molecule has 21 heavy (non-hydrogen) atoms. The number of hydrogen-bond acceptors (Lipinski definition) is 6. The lowest BCUT2D eigenvalue weighted by Gasteiger charge is -2.30. The van der Waals surface area contributed by atoms with Crippen LogP contribution >= 0.6 is 0 Å². The van der Waals surface area contributed by atoms with Crippen LogP contribution in [0.2, 0.25) is 0 Å². The van der Waals surface area contributed by atoms with Gasteiger partial charge in [-0.05, 0) is 5.56 Å². The Labute approximate surface area is 120 Å². The fourth-order valence-corrected chi connectivity index (χ4v) is 2.97. The van der Waals surface area contributed by atoms with E-state index in [0.717, 1.165) is 7.11 Å². The topological polar surface area (TPSA) is 122 Å². The van der Waals surface area contributed by atoms with Gasteiger partial charge in [-0.1, -0.05) is 30.3 Å². The lowest BCUT2D eigenvalue weighted by Crippen LogP contribution is -2.57. The summed E-state index contributed by atoms with van der Waals surface area (Å²) in [5.41, 5.74) is 5.88. The van der Waals surface area contributed by atoms with Crippen molar-refractivity contribution in [2.24, 2.45) is 10.7 Å². The van der Waals surface area contributed by atoms with Crippen molar-refractivity contribution < 1.29 is 22.7 Å². The Morgan fingerprint density at radius 2 is 1.95 bits per heavy atom. The van der Waals surface area contributed by atoms with E-state index >= 15 is 0 Å². The zero-order valence-corrected chi connectivity index (χ0v) is 11.8. The molecule has 0 spiro atoms. The molecular weight excluding hydrogens is 300 g/mol. The molecule has 0 saturated carbocycles. The Bertz CT molecular complexity index is 701. The molecule has 2 N–H and O–H groups in total. The number of ether oxygens (including phenoxy) is 1. The van der Waals surface area contributed by atoms with Crippen LogP contribution in [0.25, 0.3) is 0 Å². The van der Waals surface area contributed by atoms with Gasteiger partial charge in [-0.3, -0.25) is 0 Å². The highest BCUT2D eigenvalue weighted by molar-refractivity contribution is 7.88.